The lowest BCUT2D eigenvalue weighted by Gasteiger charge is -2.11. The smallest absolute Gasteiger partial charge is 0.354 e. The molecular formula is C14H17N3O2. The number of carboxylic acid groups (broad SMARTS) is 1. The van der Waals surface area contributed by atoms with Gasteiger partial charge in [-0.05, 0) is 55.9 Å². The second-order valence-corrected chi connectivity index (χ2v) is 6.18. The van der Waals surface area contributed by atoms with Crippen molar-refractivity contribution in [3.8, 4) is 0 Å². The highest BCUT2D eigenvalue weighted by molar-refractivity contribution is 5.85. The Morgan fingerprint density at radius 1 is 1.32 bits per heavy atom. The van der Waals surface area contributed by atoms with Gasteiger partial charge >= 0.3 is 5.97 Å². The standard InChI is InChI=1S/C14H17N3O2/c1-6-4-9(13(18)19)16-14(15-6)17-12-10-7-2-3-8(5-7)11(10)12/h4,7-8,10-12H,2-3,5H2,1H3,(H,18,19)(H,15,16,17). The highest BCUT2D eigenvalue weighted by Crippen LogP contribution is 2.66. The minimum atomic E-state index is -0.996. The van der Waals surface area contributed by atoms with Crippen molar-refractivity contribution in [2.75, 3.05) is 5.32 Å². The molecule has 3 saturated carbocycles. The Morgan fingerprint density at radius 2 is 2.00 bits per heavy atom. The van der Waals surface area contributed by atoms with Crippen molar-refractivity contribution in [3.63, 3.8) is 0 Å². The SMILES string of the molecule is Cc1cc(C(=O)O)nc(NC2C3C4CCC(C4)C23)n1. The second kappa shape index (κ2) is 3.68. The van der Waals surface area contributed by atoms with Gasteiger partial charge in [-0.25, -0.2) is 14.8 Å². The third-order valence-electron chi connectivity index (χ3n) is 5.10. The van der Waals surface area contributed by atoms with Gasteiger partial charge < -0.3 is 10.4 Å². The van der Waals surface area contributed by atoms with Crippen LogP contribution in [0.5, 0.6) is 0 Å². The Labute approximate surface area is 111 Å². The van der Waals surface area contributed by atoms with E-state index in [-0.39, 0.29) is 5.69 Å². The molecule has 0 saturated heterocycles. The molecule has 5 heteroatoms. The van der Waals surface area contributed by atoms with Crippen molar-refractivity contribution in [2.45, 2.75) is 32.2 Å². The number of aromatic nitrogens is 2. The number of hydrogen-bond acceptors (Lipinski definition) is 4. The summed E-state index contributed by atoms with van der Waals surface area (Å²) in [4.78, 5) is 19.4. The Morgan fingerprint density at radius 3 is 2.63 bits per heavy atom. The number of hydrogen-bond donors (Lipinski definition) is 2. The first kappa shape index (κ1) is 11.2. The number of aromatic carboxylic acids is 1. The van der Waals surface area contributed by atoms with Crippen LogP contribution in [-0.2, 0) is 0 Å². The minimum absolute atomic E-state index is 0.0729. The molecule has 4 unspecified atom stereocenters. The summed E-state index contributed by atoms with van der Waals surface area (Å²) < 4.78 is 0. The zero-order valence-electron chi connectivity index (χ0n) is 10.8. The Bertz CT molecular complexity index is 544. The van der Waals surface area contributed by atoms with E-state index in [9.17, 15) is 4.79 Å². The molecule has 2 N–H and O–H groups in total. The first-order valence-electron chi connectivity index (χ1n) is 6.99. The molecule has 0 aliphatic heterocycles. The fraction of sp³-hybridized carbons (Fsp3) is 0.643. The van der Waals surface area contributed by atoms with Crippen molar-refractivity contribution in [3.05, 3.63) is 17.5 Å². The molecule has 19 heavy (non-hydrogen) atoms. The van der Waals surface area contributed by atoms with Crippen LogP contribution in [0.25, 0.3) is 0 Å². The molecule has 3 fully saturated rings. The average Bonchev–Trinajstić information content (AvgIpc) is 2.77. The molecular weight excluding hydrogens is 242 g/mol. The average molecular weight is 259 g/mol. The molecule has 4 rings (SSSR count). The van der Waals surface area contributed by atoms with Gasteiger partial charge in [-0.15, -0.1) is 0 Å². The number of carbonyl (C=O) groups is 1. The number of aryl methyl sites for hydroxylation is 1. The Balaban J connectivity index is 1.54. The van der Waals surface area contributed by atoms with Crippen molar-refractivity contribution in [1.29, 1.82) is 0 Å². The maximum atomic E-state index is 11.0. The lowest BCUT2D eigenvalue weighted by molar-refractivity contribution is 0.0690. The molecule has 0 amide bonds. The molecule has 4 atom stereocenters. The van der Waals surface area contributed by atoms with Crippen LogP contribution in [-0.4, -0.2) is 27.1 Å². The van der Waals surface area contributed by atoms with E-state index >= 15 is 0 Å². The molecule has 0 aromatic carbocycles. The topological polar surface area (TPSA) is 75.1 Å². The van der Waals surface area contributed by atoms with E-state index < -0.39 is 5.97 Å². The van der Waals surface area contributed by atoms with Gasteiger partial charge in [0, 0.05) is 11.7 Å². The lowest BCUT2D eigenvalue weighted by Crippen LogP contribution is -2.16. The summed E-state index contributed by atoms with van der Waals surface area (Å²) in [5.74, 6) is 2.83. The van der Waals surface area contributed by atoms with Gasteiger partial charge in [-0.2, -0.15) is 0 Å². The molecule has 2 bridgehead atoms. The Hall–Kier alpha value is -1.65. The zero-order valence-corrected chi connectivity index (χ0v) is 10.8. The second-order valence-electron chi connectivity index (χ2n) is 6.18. The molecule has 0 spiro atoms. The predicted octanol–water partition coefficient (Wildman–Crippen LogP) is 1.94. The number of fused-ring (bicyclic) bond motifs is 5. The molecule has 0 radical (unpaired) electrons. The lowest BCUT2D eigenvalue weighted by atomic mass is 10.0. The quantitative estimate of drug-likeness (QED) is 0.867. The van der Waals surface area contributed by atoms with E-state index in [1.165, 1.54) is 25.3 Å². The molecule has 1 aromatic rings. The van der Waals surface area contributed by atoms with Crippen LogP contribution in [0.3, 0.4) is 0 Å². The van der Waals surface area contributed by atoms with Crippen molar-refractivity contribution >= 4 is 11.9 Å². The van der Waals surface area contributed by atoms with E-state index in [4.69, 9.17) is 5.11 Å². The summed E-state index contributed by atoms with van der Waals surface area (Å²) in [7, 11) is 0. The van der Waals surface area contributed by atoms with Crippen LogP contribution >= 0.6 is 0 Å². The number of anilines is 1. The summed E-state index contributed by atoms with van der Waals surface area (Å²) >= 11 is 0. The first-order chi connectivity index (χ1) is 9.13. The van der Waals surface area contributed by atoms with Gasteiger partial charge in [-0.3, -0.25) is 0 Å². The van der Waals surface area contributed by atoms with Crippen LogP contribution < -0.4 is 5.32 Å². The molecule has 100 valence electrons. The van der Waals surface area contributed by atoms with Crippen molar-refractivity contribution in [1.82, 2.24) is 9.97 Å². The van der Waals surface area contributed by atoms with Crippen LogP contribution in [0, 0.1) is 30.6 Å². The van der Waals surface area contributed by atoms with Crippen molar-refractivity contribution in [2.24, 2.45) is 23.7 Å². The van der Waals surface area contributed by atoms with Gasteiger partial charge in [0.2, 0.25) is 5.95 Å². The summed E-state index contributed by atoms with van der Waals surface area (Å²) in [6.45, 7) is 1.80. The van der Waals surface area contributed by atoms with Crippen LogP contribution in [0.1, 0.15) is 35.4 Å². The maximum absolute atomic E-state index is 11.0. The first-order valence-corrected chi connectivity index (χ1v) is 6.99. The van der Waals surface area contributed by atoms with E-state index in [0.29, 0.717) is 17.7 Å². The molecule has 3 aliphatic rings. The van der Waals surface area contributed by atoms with Crippen molar-refractivity contribution < 1.29 is 9.90 Å². The highest BCUT2D eigenvalue weighted by atomic mass is 16.4. The maximum Gasteiger partial charge on any atom is 0.354 e. The van der Waals surface area contributed by atoms with E-state index in [1.807, 2.05) is 0 Å². The number of carboxylic acids is 1. The van der Waals surface area contributed by atoms with E-state index in [1.54, 1.807) is 6.92 Å². The van der Waals surface area contributed by atoms with Crippen LogP contribution in [0.4, 0.5) is 5.95 Å². The zero-order chi connectivity index (χ0) is 13.1. The van der Waals surface area contributed by atoms with Gasteiger partial charge in [0.15, 0.2) is 5.69 Å². The van der Waals surface area contributed by atoms with Gasteiger partial charge in [0.25, 0.3) is 0 Å². The van der Waals surface area contributed by atoms with Crippen LogP contribution in [0.2, 0.25) is 0 Å². The summed E-state index contributed by atoms with van der Waals surface area (Å²) in [6, 6.07) is 1.99. The largest absolute Gasteiger partial charge is 0.477 e. The van der Waals surface area contributed by atoms with Gasteiger partial charge in [0.05, 0.1) is 0 Å². The number of nitrogens with zero attached hydrogens (tertiary/aromatic N) is 2. The predicted molar refractivity (Wildman–Crippen MR) is 69.0 cm³/mol. The summed E-state index contributed by atoms with van der Waals surface area (Å²) in [6.07, 6.45) is 4.15. The Kier molecular flexibility index (Phi) is 2.17. The molecule has 1 heterocycles. The number of rotatable bonds is 3. The van der Waals surface area contributed by atoms with Gasteiger partial charge in [0.1, 0.15) is 0 Å². The summed E-state index contributed by atoms with van der Waals surface area (Å²) in [5.41, 5.74) is 0.771. The monoisotopic (exact) mass is 259 g/mol. The third-order valence-corrected chi connectivity index (χ3v) is 5.10. The van der Waals surface area contributed by atoms with Crippen LogP contribution in [0.15, 0.2) is 6.07 Å². The summed E-state index contributed by atoms with van der Waals surface area (Å²) in [5, 5.41) is 12.4. The number of nitrogens with one attached hydrogen (secondary N) is 1. The van der Waals surface area contributed by atoms with Gasteiger partial charge in [-0.1, -0.05) is 0 Å². The normalized spacial score (nSPS) is 38.1. The van der Waals surface area contributed by atoms with E-state index in [2.05, 4.69) is 15.3 Å². The third kappa shape index (κ3) is 1.64. The highest BCUT2D eigenvalue weighted by Gasteiger charge is 2.65. The molecule has 5 nitrogen and oxygen atoms in total. The molecule has 3 aliphatic carbocycles. The fourth-order valence-corrected chi connectivity index (χ4v) is 4.41. The fourth-order valence-electron chi connectivity index (χ4n) is 4.41. The molecule has 1 aromatic heterocycles. The minimum Gasteiger partial charge on any atom is -0.477 e. The van der Waals surface area contributed by atoms with E-state index in [0.717, 1.165) is 23.7 Å².